The van der Waals surface area contributed by atoms with E-state index in [1.165, 1.54) is 11.6 Å². The number of nitrogens with one attached hydrogen (secondary N) is 2. The van der Waals surface area contributed by atoms with E-state index in [4.69, 9.17) is 5.21 Å². The van der Waals surface area contributed by atoms with Crippen LogP contribution in [-0.2, 0) is 9.59 Å². The van der Waals surface area contributed by atoms with E-state index in [9.17, 15) is 9.59 Å². The molecule has 0 saturated heterocycles. The smallest absolute Gasteiger partial charge is 0.267 e. The summed E-state index contributed by atoms with van der Waals surface area (Å²) in [5, 5.41) is 11.5. The Bertz CT molecular complexity index is 838. The number of rotatable bonds is 6. The van der Waals surface area contributed by atoms with Crippen molar-refractivity contribution in [2.45, 2.75) is 18.9 Å². The molecule has 0 radical (unpaired) electrons. The van der Waals surface area contributed by atoms with E-state index in [-0.39, 0.29) is 11.9 Å². The van der Waals surface area contributed by atoms with Crippen molar-refractivity contribution >= 4 is 29.5 Å². The highest BCUT2D eigenvalue weighted by Gasteiger charge is 2.25. The Morgan fingerprint density at radius 3 is 2.46 bits per heavy atom. The number of pyridine rings is 1. The summed E-state index contributed by atoms with van der Waals surface area (Å²) in [6.45, 7) is 0. The van der Waals surface area contributed by atoms with Gasteiger partial charge >= 0.3 is 0 Å². The van der Waals surface area contributed by atoms with Gasteiger partial charge in [-0.05, 0) is 42.2 Å². The molecule has 132 valence electrons. The Balaban J connectivity index is 1.83. The van der Waals surface area contributed by atoms with Gasteiger partial charge in [-0.3, -0.25) is 19.8 Å². The Kier molecular flexibility index (Phi) is 5.56. The molecule has 3 rings (SSSR count). The third kappa shape index (κ3) is 4.87. The van der Waals surface area contributed by atoms with Crippen molar-refractivity contribution in [3.8, 4) is 0 Å². The monoisotopic (exact) mass is 349 g/mol. The van der Waals surface area contributed by atoms with E-state index in [2.05, 4.69) is 10.3 Å². The first-order chi connectivity index (χ1) is 12.7. The van der Waals surface area contributed by atoms with Crippen LogP contribution in [0.25, 0.3) is 17.7 Å². The van der Waals surface area contributed by atoms with Crippen LogP contribution in [0.2, 0.25) is 0 Å². The molecule has 0 bridgehead atoms. The molecule has 1 saturated carbocycles. The second-order valence-corrected chi connectivity index (χ2v) is 6.02. The van der Waals surface area contributed by atoms with E-state index < -0.39 is 5.91 Å². The van der Waals surface area contributed by atoms with Gasteiger partial charge in [0, 0.05) is 35.6 Å². The van der Waals surface area contributed by atoms with Gasteiger partial charge in [0.2, 0.25) is 0 Å². The Morgan fingerprint density at radius 2 is 1.85 bits per heavy atom. The van der Waals surface area contributed by atoms with Crippen LogP contribution in [-0.4, -0.2) is 28.0 Å². The van der Waals surface area contributed by atoms with Gasteiger partial charge in [-0.1, -0.05) is 30.3 Å². The van der Waals surface area contributed by atoms with Gasteiger partial charge in [-0.15, -0.1) is 0 Å². The third-order valence-corrected chi connectivity index (χ3v) is 3.91. The van der Waals surface area contributed by atoms with E-state index in [0.29, 0.717) is 5.57 Å². The Morgan fingerprint density at radius 1 is 1.12 bits per heavy atom. The minimum atomic E-state index is -0.593. The number of hydroxylamine groups is 1. The topological polar surface area (TPSA) is 91.3 Å². The van der Waals surface area contributed by atoms with E-state index >= 15 is 0 Å². The molecule has 0 aliphatic heterocycles. The minimum Gasteiger partial charge on any atom is -0.349 e. The van der Waals surface area contributed by atoms with Gasteiger partial charge in [-0.25, -0.2) is 5.48 Å². The first-order valence-corrected chi connectivity index (χ1v) is 8.31. The zero-order valence-electron chi connectivity index (χ0n) is 14.1. The summed E-state index contributed by atoms with van der Waals surface area (Å²) in [5.41, 5.74) is 4.52. The molecule has 6 nitrogen and oxygen atoms in total. The lowest BCUT2D eigenvalue weighted by Crippen LogP contribution is -2.26. The maximum absolute atomic E-state index is 12.6. The fraction of sp³-hybridized carbons (Fsp3) is 0.150. The lowest BCUT2D eigenvalue weighted by molar-refractivity contribution is -0.124. The molecular weight excluding hydrogens is 330 g/mol. The molecule has 1 fully saturated rings. The molecule has 0 unspecified atom stereocenters. The predicted molar refractivity (Wildman–Crippen MR) is 98.7 cm³/mol. The average Bonchev–Trinajstić information content (AvgIpc) is 3.49. The standard InChI is InChI=1S/C20H19N3O3/c24-19(23-26)10-7-14-3-5-15(6-4-14)12-18(16-2-1-11-21-13-16)20(25)22-17-8-9-17/h1-7,10-13,17,26H,8-9H2,(H,22,25)(H,23,24)/b10-7+,18-12?. The lowest BCUT2D eigenvalue weighted by atomic mass is 10.0. The molecule has 2 aromatic rings. The van der Waals surface area contributed by atoms with Gasteiger partial charge in [-0.2, -0.15) is 0 Å². The molecule has 2 amide bonds. The zero-order valence-corrected chi connectivity index (χ0v) is 14.1. The molecule has 26 heavy (non-hydrogen) atoms. The quantitative estimate of drug-likeness (QED) is 0.424. The summed E-state index contributed by atoms with van der Waals surface area (Å²) in [6, 6.07) is 11.3. The van der Waals surface area contributed by atoms with Crippen LogP contribution in [0.15, 0.2) is 54.9 Å². The fourth-order valence-corrected chi connectivity index (χ4v) is 2.37. The van der Waals surface area contributed by atoms with Crippen molar-refractivity contribution in [1.29, 1.82) is 0 Å². The number of benzene rings is 1. The molecule has 0 atom stereocenters. The van der Waals surface area contributed by atoms with Crippen molar-refractivity contribution in [3.63, 3.8) is 0 Å². The number of aromatic nitrogens is 1. The summed E-state index contributed by atoms with van der Waals surface area (Å²) in [7, 11) is 0. The van der Waals surface area contributed by atoms with E-state index in [1.54, 1.807) is 24.5 Å². The van der Waals surface area contributed by atoms with Crippen molar-refractivity contribution in [2.75, 3.05) is 0 Å². The third-order valence-electron chi connectivity index (χ3n) is 3.91. The van der Waals surface area contributed by atoms with Crippen LogP contribution in [0, 0.1) is 0 Å². The second kappa shape index (κ2) is 8.22. The number of hydrogen-bond acceptors (Lipinski definition) is 4. The number of hydrogen-bond donors (Lipinski definition) is 3. The molecule has 1 aliphatic carbocycles. The number of carbonyl (C=O) groups excluding carboxylic acids is 2. The maximum atomic E-state index is 12.6. The van der Waals surface area contributed by atoms with Crippen LogP contribution in [0.3, 0.4) is 0 Å². The highest BCUT2D eigenvalue weighted by molar-refractivity contribution is 6.24. The first-order valence-electron chi connectivity index (χ1n) is 8.31. The van der Waals surface area contributed by atoms with Crippen molar-refractivity contribution in [3.05, 3.63) is 71.6 Å². The Hall–Kier alpha value is -3.25. The molecule has 0 spiro atoms. The number of amides is 2. The van der Waals surface area contributed by atoms with Gasteiger partial charge in [0.25, 0.3) is 11.8 Å². The van der Waals surface area contributed by atoms with Gasteiger partial charge < -0.3 is 5.32 Å². The Labute approximate surface area is 151 Å². The van der Waals surface area contributed by atoms with Crippen LogP contribution in [0.1, 0.15) is 29.5 Å². The highest BCUT2D eigenvalue weighted by atomic mass is 16.5. The van der Waals surface area contributed by atoms with Crippen molar-refractivity contribution in [2.24, 2.45) is 0 Å². The first kappa shape index (κ1) is 17.6. The normalized spacial score (nSPS) is 14.3. The number of nitrogens with zero attached hydrogens (tertiary/aromatic N) is 1. The zero-order chi connectivity index (χ0) is 18.4. The van der Waals surface area contributed by atoms with Crippen LogP contribution in [0.5, 0.6) is 0 Å². The second-order valence-electron chi connectivity index (χ2n) is 6.02. The van der Waals surface area contributed by atoms with Gasteiger partial charge in [0.1, 0.15) is 0 Å². The lowest BCUT2D eigenvalue weighted by Gasteiger charge is -2.09. The van der Waals surface area contributed by atoms with Crippen LogP contribution in [0.4, 0.5) is 0 Å². The summed E-state index contributed by atoms with van der Waals surface area (Å²) >= 11 is 0. The molecule has 6 heteroatoms. The molecule has 1 aromatic carbocycles. The van der Waals surface area contributed by atoms with Crippen LogP contribution >= 0.6 is 0 Å². The van der Waals surface area contributed by atoms with Crippen LogP contribution < -0.4 is 10.8 Å². The fourth-order valence-electron chi connectivity index (χ4n) is 2.37. The number of carbonyl (C=O) groups is 2. The van der Waals surface area contributed by atoms with Crippen molar-refractivity contribution < 1.29 is 14.8 Å². The van der Waals surface area contributed by atoms with Crippen molar-refractivity contribution in [1.82, 2.24) is 15.8 Å². The van der Waals surface area contributed by atoms with Gasteiger partial charge in [0.05, 0.1) is 0 Å². The summed E-state index contributed by atoms with van der Waals surface area (Å²) in [4.78, 5) is 27.7. The molecular formula is C20H19N3O3. The van der Waals surface area contributed by atoms with E-state index in [1.807, 2.05) is 36.4 Å². The average molecular weight is 349 g/mol. The minimum absolute atomic E-state index is 0.107. The molecule has 1 heterocycles. The largest absolute Gasteiger partial charge is 0.349 e. The summed E-state index contributed by atoms with van der Waals surface area (Å²) in [6.07, 6.45) is 10.0. The predicted octanol–water partition coefficient (Wildman–Crippen LogP) is 2.42. The molecule has 3 N–H and O–H groups in total. The molecule has 1 aromatic heterocycles. The van der Waals surface area contributed by atoms with Gasteiger partial charge in [0.15, 0.2) is 0 Å². The summed E-state index contributed by atoms with van der Waals surface area (Å²) < 4.78 is 0. The highest BCUT2D eigenvalue weighted by Crippen LogP contribution is 2.23. The SMILES string of the molecule is O=C(/C=C/c1ccc(C=C(C(=O)NC2CC2)c2cccnc2)cc1)NO. The summed E-state index contributed by atoms with van der Waals surface area (Å²) in [5.74, 6) is -0.700. The maximum Gasteiger partial charge on any atom is 0.267 e. The molecule has 1 aliphatic rings. The van der Waals surface area contributed by atoms with E-state index in [0.717, 1.165) is 29.5 Å².